The number of halogens is 1. The van der Waals surface area contributed by atoms with Crippen LogP contribution in [0.3, 0.4) is 0 Å². The molecule has 3 rings (SSSR count). The highest BCUT2D eigenvalue weighted by Crippen LogP contribution is 2.27. The van der Waals surface area contributed by atoms with Crippen LogP contribution in [-0.2, 0) is 11.2 Å². The van der Waals surface area contributed by atoms with E-state index in [1.807, 2.05) is 24.3 Å². The minimum atomic E-state index is -0.291. The number of rotatable bonds is 4. The molecule has 102 valence electrons. The molecule has 0 spiro atoms. The third kappa shape index (κ3) is 2.50. The van der Waals surface area contributed by atoms with Gasteiger partial charge < -0.3 is 9.64 Å². The van der Waals surface area contributed by atoms with Crippen molar-refractivity contribution >= 4 is 11.6 Å². The number of fused-ring (bicyclic) bond motifs is 1. The fourth-order valence-corrected chi connectivity index (χ4v) is 2.35. The number of para-hydroxylation sites is 1. The lowest BCUT2D eigenvalue weighted by molar-refractivity contribution is -0.117. The molecule has 1 heterocycles. The average Bonchev–Trinajstić information content (AvgIpc) is 2.77. The molecule has 1 aliphatic heterocycles. The molecule has 1 aliphatic rings. The van der Waals surface area contributed by atoms with E-state index < -0.39 is 0 Å². The first-order valence-electron chi connectivity index (χ1n) is 6.51. The molecule has 2 aromatic rings. The van der Waals surface area contributed by atoms with Crippen molar-refractivity contribution in [3.05, 3.63) is 59.9 Å². The predicted octanol–water partition coefficient (Wildman–Crippen LogP) is 2.79. The number of hydrogen-bond acceptors (Lipinski definition) is 2. The fourth-order valence-electron chi connectivity index (χ4n) is 2.35. The van der Waals surface area contributed by atoms with Crippen molar-refractivity contribution < 1.29 is 13.9 Å². The molecule has 2 aromatic carbocycles. The number of carbonyl (C=O) groups is 1. The van der Waals surface area contributed by atoms with Crippen LogP contribution in [0.25, 0.3) is 0 Å². The number of ether oxygens (including phenoxy) is 1. The maximum absolute atomic E-state index is 12.8. The summed E-state index contributed by atoms with van der Waals surface area (Å²) in [5.74, 6) is 0.404. The third-order valence-corrected chi connectivity index (χ3v) is 3.32. The highest BCUT2D eigenvalue weighted by atomic mass is 19.1. The summed E-state index contributed by atoms with van der Waals surface area (Å²) in [6.45, 7) is 0.874. The van der Waals surface area contributed by atoms with E-state index in [4.69, 9.17) is 4.74 Å². The van der Waals surface area contributed by atoms with Crippen molar-refractivity contribution in [2.24, 2.45) is 0 Å². The molecule has 4 heteroatoms. The van der Waals surface area contributed by atoms with Gasteiger partial charge >= 0.3 is 0 Å². The first-order valence-corrected chi connectivity index (χ1v) is 6.51. The van der Waals surface area contributed by atoms with Crippen molar-refractivity contribution in [2.45, 2.75) is 6.42 Å². The first kappa shape index (κ1) is 12.7. The molecule has 0 N–H and O–H groups in total. The molecular formula is C16H14FNO2. The Morgan fingerprint density at radius 1 is 1.10 bits per heavy atom. The van der Waals surface area contributed by atoms with Crippen molar-refractivity contribution in [3.63, 3.8) is 0 Å². The lowest BCUT2D eigenvalue weighted by Gasteiger charge is -2.17. The summed E-state index contributed by atoms with van der Waals surface area (Å²) in [5.41, 5.74) is 2.01. The Balaban J connectivity index is 1.61. The second-order valence-corrected chi connectivity index (χ2v) is 4.65. The number of carbonyl (C=O) groups excluding carboxylic acids is 1. The Morgan fingerprint density at radius 3 is 2.65 bits per heavy atom. The van der Waals surface area contributed by atoms with Crippen LogP contribution >= 0.6 is 0 Å². The minimum Gasteiger partial charge on any atom is -0.492 e. The van der Waals surface area contributed by atoms with Crippen LogP contribution in [0.1, 0.15) is 5.56 Å². The number of hydrogen-bond donors (Lipinski definition) is 0. The molecule has 0 atom stereocenters. The zero-order valence-electron chi connectivity index (χ0n) is 10.9. The predicted molar refractivity (Wildman–Crippen MR) is 74.4 cm³/mol. The highest BCUT2D eigenvalue weighted by Gasteiger charge is 2.26. The molecule has 0 bridgehead atoms. The Labute approximate surface area is 116 Å². The topological polar surface area (TPSA) is 29.5 Å². The summed E-state index contributed by atoms with van der Waals surface area (Å²) in [5, 5.41) is 0. The average molecular weight is 271 g/mol. The summed E-state index contributed by atoms with van der Waals surface area (Å²) in [4.78, 5) is 13.7. The Bertz CT molecular complexity index is 625. The van der Waals surface area contributed by atoms with Gasteiger partial charge in [-0.25, -0.2) is 4.39 Å². The minimum absolute atomic E-state index is 0.0916. The number of amides is 1. The molecule has 0 unspecified atom stereocenters. The SMILES string of the molecule is O=C1Cc2ccccc2N1CCOc1ccc(F)cc1. The van der Waals surface area contributed by atoms with Gasteiger partial charge in [0, 0.05) is 5.69 Å². The van der Waals surface area contributed by atoms with Crippen LogP contribution < -0.4 is 9.64 Å². The smallest absolute Gasteiger partial charge is 0.231 e. The van der Waals surface area contributed by atoms with Crippen LogP contribution in [0.4, 0.5) is 10.1 Å². The van der Waals surface area contributed by atoms with Gasteiger partial charge in [0.2, 0.25) is 5.91 Å². The molecule has 0 aromatic heterocycles. The summed E-state index contributed by atoms with van der Waals surface area (Å²) in [6, 6.07) is 13.6. The van der Waals surface area contributed by atoms with Gasteiger partial charge in [-0.05, 0) is 35.9 Å². The molecule has 0 saturated carbocycles. The van der Waals surface area contributed by atoms with Crippen molar-refractivity contribution in [2.75, 3.05) is 18.1 Å². The third-order valence-electron chi connectivity index (χ3n) is 3.32. The van der Waals surface area contributed by atoms with Gasteiger partial charge in [-0.2, -0.15) is 0 Å². The van der Waals surface area contributed by atoms with Gasteiger partial charge in [-0.15, -0.1) is 0 Å². The molecule has 1 amide bonds. The quantitative estimate of drug-likeness (QED) is 0.855. The van der Waals surface area contributed by atoms with Gasteiger partial charge in [-0.1, -0.05) is 18.2 Å². The van der Waals surface area contributed by atoms with E-state index in [0.717, 1.165) is 11.3 Å². The Kier molecular flexibility index (Phi) is 3.37. The maximum Gasteiger partial charge on any atom is 0.231 e. The van der Waals surface area contributed by atoms with Gasteiger partial charge in [0.05, 0.1) is 13.0 Å². The van der Waals surface area contributed by atoms with E-state index in [1.165, 1.54) is 12.1 Å². The van der Waals surface area contributed by atoms with Crippen molar-refractivity contribution in [1.29, 1.82) is 0 Å². The largest absolute Gasteiger partial charge is 0.492 e. The van der Waals surface area contributed by atoms with E-state index in [1.54, 1.807) is 17.0 Å². The second-order valence-electron chi connectivity index (χ2n) is 4.65. The lowest BCUT2D eigenvalue weighted by atomic mass is 10.2. The molecule has 0 aliphatic carbocycles. The van der Waals surface area contributed by atoms with Gasteiger partial charge in [0.15, 0.2) is 0 Å². The summed E-state index contributed by atoms with van der Waals surface area (Å²) in [6.07, 6.45) is 0.451. The molecule has 0 radical (unpaired) electrons. The molecule has 20 heavy (non-hydrogen) atoms. The van der Waals surface area contributed by atoms with Crippen LogP contribution in [-0.4, -0.2) is 19.1 Å². The van der Waals surface area contributed by atoms with Crippen LogP contribution in [0.15, 0.2) is 48.5 Å². The van der Waals surface area contributed by atoms with Crippen LogP contribution in [0.5, 0.6) is 5.75 Å². The van der Waals surface area contributed by atoms with Crippen molar-refractivity contribution in [3.8, 4) is 5.75 Å². The van der Waals surface area contributed by atoms with Gasteiger partial charge in [0.1, 0.15) is 18.2 Å². The molecule has 0 saturated heterocycles. The monoisotopic (exact) mass is 271 g/mol. The lowest BCUT2D eigenvalue weighted by Crippen LogP contribution is -2.31. The van der Waals surface area contributed by atoms with E-state index in [-0.39, 0.29) is 11.7 Å². The van der Waals surface area contributed by atoms with Crippen molar-refractivity contribution in [1.82, 2.24) is 0 Å². The first-order chi connectivity index (χ1) is 9.74. The Morgan fingerprint density at radius 2 is 1.85 bits per heavy atom. The Hall–Kier alpha value is -2.36. The molecule has 0 fully saturated rings. The number of benzene rings is 2. The van der Waals surface area contributed by atoms with E-state index in [9.17, 15) is 9.18 Å². The van der Waals surface area contributed by atoms with Crippen LogP contribution in [0, 0.1) is 5.82 Å². The zero-order chi connectivity index (χ0) is 13.9. The van der Waals surface area contributed by atoms with Gasteiger partial charge in [-0.3, -0.25) is 4.79 Å². The van der Waals surface area contributed by atoms with Gasteiger partial charge in [0.25, 0.3) is 0 Å². The van der Waals surface area contributed by atoms with E-state index in [0.29, 0.717) is 25.3 Å². The summed E-state index contributed by atoms with van der Waals surface area (Å²) < 4.78 is 18.3. The normalized spacial score (nSPS) is 13.4. The number of nitrogens with zero attached hydrogens (tertiary/aromatic N) is 1. The second kappa shape index (κ2) is 5.33. The fraction of sp³-hybridized carbons (Fsp3) is 0.188. The van der Waals surface area contributed by atoms with E-state index >= 15 is 0 Å². The highest BCUT2D eigenvalue weighted by molar-refractivity contribution is 6.01. The molecule has 3 nitrogen and oxygen atoms in total. The van der Waals surface area contributed by atoms with E-state index in [2.05, 4.69) is 0 Å². The number of anilines is 1. The van der Waals surface area contributed by atoms with Crippen LogP contribution in [0.2, 0.25) is 0 Å². The zero-order valence-corrected chi connectivity index (χ0v) is 10.9. The summed E-state index contributed by atoms with van der Waals surface area (Å²) >= 11 is 0. The standard InChI is InChI=1S/C16H14FNO2/c17-13-5-7-14(8-6-13)20-10-9-18-15-4-2-1-3-12(15)11-16(18)19/h1-8H,9-11H2. The maximum atomic E-state index is 12.8. The summed E-state index contributed by atoms with van der Waals surface area (Å²) in [7, 11) is 0. The molecular weight excluding hydrogens is 257 g/mol.